The second kappa shape index (κ2) is 6.36. The Morgan fingerprint density at radius 1 is 1.21 bits per heavy atom. The van der Waals surface area contributed by atoms with Crippen molar-refractivity contribution in [2.24, 2.45) is 11.3 Å². The maximum Gasteiger partial charge on any atom is 0.0410 e. The summed E-state index contributed by atoms with van der Waals surface area (Å²) in [5.41, 5.74) is 1.68. The van der Waals surface area contributed by atoms with Crippen LogP contribution >= 0.6 is 15.9 Å². The summed E-state index contributed by atoms with van der Waals surface area (Å²) < 4.78 is 1.06. The van der Waals surface area contributed by atoms with Crippen LogP contribution < -0.4 is 5.32 Å². The van der Waals surface area contributed by atoms with E-state index in [-0.39, 0.29) is 11.0 Å². The maximum absolute atomic E-state index is 4.27. The fourth-order valence-electron chi connectivity index (χ4n) is 1.96. The highest BCUT2D eigenvalue weighted by Crippen LogP contribution is 2.31. The first kappa shape index (κ1) is 16.6. The number of hydrogen-bond donors (Lipinski definition) is 1. The number of pyridine rings is 1. The van der Waals surface area contributed by atoms with Gasteiger partial charge in [0.15, 0.2) is 0 Å². The van der Waals surface area contributed by atoms with Crippen molar-refractivity contribution in [2.75, 3.05) is 6.54 Å². The van der Waals surface area contributed by atoms with Gasteiger partial charge in [0, 0.05) is 29.0 Å². The summed E-state index contributed by atoms with van der Waals surface area (Å²) in [7, 11) is 0. The van der Waals surface area contributed by atoms with Crippen LogP contribution in [0.4, 0.5) is 0 Å². The molecule has 1 atom stereocenters. The van der Waals surface area contributed by atoms with Crippen molar-refractivity contribution < 1.29 is 0 Å². The Kier molecular flexibility index (Phi) is 5.57. The van der Waals surface area contributed by atoms with Crippen LogP contribution in [0, 0.1) is 11.3 Å². The molecule has 0 aromatic carbocycles. The molecule has 2 nitrogen and oxygen atoms in total. The normalized spacial score (nSPS) is 15.6. The Bertz CT molecular complexity index is 409. The van der Waals surface area contributed by atoms with Crippen molar-refractivity contribution in [3.05, 3.63) is 28.5 Å². The molecular formula is C16H27BrN2. The molecule has 0 radical (unpaired) electrons. The van der Waals surface area contributed by atoms with Gasteiger partial charge < -0.3 is 5.32 Å². The van der Waals surface area contributed by atoms with Gasteiger partial charge in [-0.1, -0.05) is 20.8 Å². The Hall–Kier alpha value is -0.410. The zero-order chi connectivity index (χ0) is 14.7. The second-order valence-electron chi connectivity index (χ2n) is 7.10. The molecule has 1 heterocycles. The van der Waals surface area contributed by atoms with Crippen molar-refractivity contribution in [1.29, 1.82) is 0 Å². The third-order valence-corrected chi connectivity index (χ3v) is 4.22. The van der Waals surface area contributed by atoms with E-state index in [1.807, 2.05) is 12.4 Å². The molecule has 0 bridgehead atoms. The van der Waals surface area contributed by atoms with Crippen molar-refractivity contribution in [3.63, 3.8) is 0 Å². The van der Waals surface area contributed by atoms with Crippen LogP contribution in [0.25, 0.3) is 0 Å². The summed E-state index contributed by atoms with van der Waals surface area (Å²) in [6.07, 6.45) is 4.85. The molecule has 0 aliphatic carbocycles. The molecule has 0 fully saturated rings. The highest BCUT2D eigenvalue weighted by molar-refractivity contribution is 9.10. The standard InChI is InChI=1S/C16H27BrN2/c1-12(2)16(6,11-19-15(3,4)5)8-13-7-14(17)10-18-9-13/h7,9-10,12,19H,8,11H2,1-6H3. The molecule has 1 aromatic heterocycles. The summed E-state index contributed by atoms with van der Waals surface area (Å²) in [6.45, 7) is 14.6. The molecule has 0 amide bonds. The van der Waals surface area contributed by atoms with Crippen molar-refractivity contribution in [3.8, 4) is 0 Å². The summed E-state index contributed by atoms with van der Waals surface area (Å²) in [6, 6.07) is 2.17. The number of nitrogens with one attached hydrogen (secondary N) is 1. The molecule has 0 saturated heterocycles. The quantitative estimate of drug-likeness (QED) is 0.865. The largest absolute Gasteiger partial charge is 0.312 e. The Morgan fingerprint density at radius 2 is 1.84 bits per heavy atom. The molecule has 0 saturated carbocycles. The zero-order valence-electron chi connectivity index (χ0n) is 13.0. The van der Waals surface area contributed by atoms with Gasteiger partial charge in [0.25, 0.3) is 0 Å². The molecule has 0 aliphatic rings. The minimum Gasteiger partial charge on any atom is -0.312 e. The SMILES string of the molecule is CC(C)C(C)(CNC(C)(C)C)Cc1cncc(Br)c1. The van der Waals surface area contributed by atoms with Crippen molar-refractivity contribution >= 4 is 15.9 Å². The number of aromatic nitrogens is 1. The average Bonchev–Trinajstić information content (AvgIpc) is 2.25. The number of hydrogen-bond acceptors (Lipinski definition) is 2. The van der Waals surface area contributed by atoms with Gasteiger partial charge >= 0.3 is 0 Å². The van der Waals surface area contributed by atoms with Gasteiger partial charge in [-0.3, -0.25) is 4.98 Å². The molecule has 1 aromatic rings. The topological polar surface area (TPSA) is 24.9 Å². The van der Waals surface area contributed by atoms with Gasteiger partial charge in [0.05, 0.1) is 0 Å². The molecular weight excluding hydrogens is 300 g/mol. The Labute approximate surface area is 126 Å². The van der Waals surface area contributed by atoms with Gasteiger partial charge in [-0.05, 0) is 66.1 Å². The van der Waals surface area contributed by atoms with E-state index in [1.165, 1.54) is 5.56 Å². The highest BCUT2D eigenvalue weighted by Gasteiger charge is 2.30. The summed E-state index contributed by atoms with van der Waals surface area (Å²) in [5.74, 6) is 0.612. The summed E-state index contributed by atoms with van der Waals surface area (Å²) >= 11 is 3.50. The summed E-state index contributed by atoms with van der Waals surface area (Å²) in [5, 5.41) is 3.65. The molecule has 0 aliphatic heterocycles. The average molecular weight is 327 g/mol. The van der Waals surface area contributed by atoms with Crippen LogP contribution in [0.3, 0.4) is 0 Å². The molecule has 1 unspecified atom stereocenters. The minimum absolute atomic E-state index is 0.158. The van der Waals surface area contributed by atoms with E-state index in [9.17, 15) is 0 Å². The number of nitrogens with zero attached hydrogens (tertiary/aromatic N) is 1. The van der Waals surface area contributed by atoms with Gasteiger partial charge in [-0.2, -0.15) is 0 Å². The first-order chi connectivity index (χ1) is 8.62. The van der Waals surface area contributed by atoms with E-state index in [0.29, 0.717) is 5.92 Å². The molecule has 3 heteroatoms. The van der Waals surface area contributed by atoms with E-state index in [2.05, 4.69) is 73.8 Å². The van der Waals surface area contributed by atoms with E-state index < -0.39 is 0 Å². The van der Waals surface area contributed by atoms with Crippen LogP contribution in [0.1, 0.15) is 47.1 Å². The molecule has 108 valence electrons. The minimum atomic E-state index is 0.158. The third-order valence-electron chi connectivity index (χ3n) is 3.79. The molecule has 1 N–H and O–H groups in total. The first-order valence-corrected chi connectivity index (χ1v) is 7.76. The first-order valence-electron chi connectivity index (χ1n) is 6.97. The Morgan fingerprint density at radius 3 is 2.32 bits per heavy atom. The third kappa shape index (κ3) is 5.62. The highest BCUT2D eigenvalue weighted by atomic mass is 79.9. The Balaban J connectivity index is 2.82. The second-order valence-corrected chi connectivity index (χ2v) is 8.02. The molecule has 0 spiro atoms. The van der Waals surface area contributed by atoms with Gasteiger partial charge in [-0.15, -0.1) is 0 Å². The van der Waals surface area contributed by atoms with Crippen LogP contribution in [0.15, 0.2) is 22.9 Å². The number of halogens is 1. The van der Waals surface area contributed by atoms with E-state index in [1.54, 1.807) is 0 Å². The van der Waals surface area contributed by atoms with E-state index in [4.69, 9.17) is 0 Å². The monoisotopic (exact) mass is 326 g/mol. The van der Waals surface area contributed by atoms with E-state index in [0.717, 1.165) is 17.4 Å². The van der Waals surface area contributed by atoms with Crippen LogP contribution in [-0.4, -0.2) is 17.1 Å². The van der Waals surface area contributed by atoms with Gasteiger partial charge in [0.2, 0.25) is 0 Å². The predicted molar refractivity (Wildman–Crippen MR) is 86.3 cm³/mol. The lowest BCUT2D eigenvalue weighted by molar-refractivity contribution is 0.187. The maximum atomic E-state index is 4.27. The fraction of sp³-hybridized carbons (Fsp3) is 0.688. The smallest absolute Gasteiger partial charge is 0.0410 e. The van der Waals surface area contributed by atoms with Crippen molar-refractivity contribution in [1.82, 2.24) is 10.3 Å². The molecule has 19 heavy (non-hydrogen) atoms. The zero-order valence-corrected chi connectivity index (χ0v) is 14.6. The number of rotatable bonds is 5. The van der Waals surface area contributed by atoms with E-state index >= 15 is 0 Å². The van der Waals surface area contributed by atoms with Crippen LogP contribution in [0.5, 0.6) is 0 Å². The van der Waals surface area contributed by atoms with Crippen LogP contribution in [0.2, 0.25) is 0 Å². The van der Waals surface area contributed by atoms with Gasteiger partial charge in [0.1, 0.15) is 0 Å². The predicted octanol–water partition coefficient (Wildman–Crippen LogP) is 4.44. The lowest BCUT2D eigenvalue weighted by Gasteiger charge is -2.37. The lowest BCUT2D eigenvalue weighted by Crippen LogP contribution is -2.45. The summed E-state index contributed by atoms with van der Waals surface area (Å²) in [4.78, 5) is 4.27. The van der Waals surface area contributed by atoms with Crippen molar-refractivity contribution in [2.45, 2.75) is 53.5 Å². The van der Waals surface area contributed by atoms with Crippen LogP contribution in [-0.2, 0) is 6.42 Å². The fourth-order valence-corrected chi connectivity index (χ4v) is 2.37. The lowest BCUT2D eigenvalue weighted by atomic mass is 9.74. The van der Waals surface area contributed by atoms with Gasteiger partial charge in [-0.25, -0.2) is 0 Å². The molecule has 1 rings (SSSR count).